The van der Waals surface area contributed by atoms with Crippen LogP contribution in [0.15, 0.2) is 49.2 Å². The molecule has 3 aromatic rings. The number of anilines is 1. The number of nitrogens with zero attached hydrogens (tertiary/aromatic N) is 3. The van der Waals surface area contributed by atoms with Crippen molar-refractivity contribution in [3.05, 3.63) is 71.8 Å². The number of pyridine rings is 1. The number of allylic oxidation sites excluding steroid dienone is 1. The highest BCUT2D eigenvalue weighted by Gasteiger charge is 2.24. The maximum Gasteiger partial charge on any atom is 0.414 e. The zero-order chi connectivity index (χ0) is 21.7. The molecule has 0 saturated carbocycles. The van der Waals surface area contributed by atoms with Crippen LogP contribution in [0.2, 0.25) is 0 Å². The van der Waals surface area contributed by atoms with Gasteiger partial charge in [-0.15, -0.1) is 6.58 Å². The lowest BCUT2D eigenvalue weighted by atomic mass is 10.2. The Morgan fingerprint density at radius 3 is 2.67 bits per heavy atom. The van der Waals surface area contributed by atoms with Crippen molar-refractivity contribution in [2.45, 2.75) is 46.7 Å². The van der Waals surface area contributed by atoms with E-state index in [9.17, 15) is 9.18 Å². The molecule has 6 heteroatoms. The topological polar surface area (TPSA) is 47.4 Å². The van der Waals surface area contributed by atoms with E-state index >= 15 is 0 Å². The quantitative estimate of drug-likeness (QED) is 0.343. The van der Waals surface area contributed by atoms with Gasteiger partial charge in [0.15, 0.2) is 0 Å². The fourth-order valence-corrected chi connectivity index (χ4v) is 3.50. The molecule has 2 aromatic heterocycles. The van der Waals surface area contributed by atoms with E-state index < -0.39 is 6.09 Å². The number of carbonyl (C=O) groups is 1. The van der Waals surface area contributed by atoms with Crippen molar-refractivity contribution < 1.29 is 13.9 Å². The van der Waals surface area contributed by atoms with Gasteiger partial charge < -0.3 is 9.30 Å². The molecule has 2 heterocycles. The van der Waals surface area contributed by atoms with Crippen molar-refractivity contribution in [1.29, 1.82) is 0 Å². The number of halogens is 1. The first kappa shape index (κ1) is 21.6. The number of hydrogen-bond donors (Lipinski definition) is 0. The summed E-state index contributed by atoms with van der Waals surface area (Å²) in [5.41, 5.74) is 5.37. The number of rotatable bonds is 8. The molecule has 0 aliphatic heterocycles. The highest BCUT2D eigenvalue weighted by Crippen LogP contribution is 2.33. The maximum atomic E-state index is 13.4. The van der Waals surface area contributed by atoms with E-state index in [1.807, 2.05) is 32.9 Å². The van der Waals surface area contributed by atoms with E-state index in [0.717, 1.165) is 40.7 Å². The summed E-state index contributed by atoms with van der Waals surface area (Å²) >= 11 is 0. The summed E-state index contributed by atoms with van der Waals surface area (Å²) in [6, 6.07) is 7.98. The largest absolute Gasteiger partial charge is 0.449 e. The van der Waals surface area contributed by atoms with Crippen LogP contribution in [0.25, 0.3) is 11.0 Å². The third kappa shape index (κ3) is 4.37. The first-order chi connectivity index (χ1) is 14.5. The minimum Gasteiger partial charge on any atom is -0.449 e. The molecule has 0 unspecified atom stereocenters. The number of hydrogen-bond acceptors (Lipinski definition) is 3. The molecule has 1 amide bonds. The Hall–Kier alpha value is -3.15. The number of carbonyl (C=O) groups excluding carboxylic acids is 1. The van der Waals surface area contributed by atoms with Crippen molar-refractivity contribution >= 4 is 22.8 Å². The Balaban J connectivity index is 2.11. The first-order valence-electron chi connectivity index (χ1n) is 10.2. The van der Waals surface area contributed by atoms with Gasteiger partial charge in [-0.1, -0.05) is 31.6 Å². The molecule has 0 fully saturated rings. The molecule has 0 saturated heterocycles. The Morgan fingerprint density at radius 1 is 1.27 bits per heavy atom. The fourth-order valence-electron chi connectivity index (χ4n) is 3.50. The van der Waals surface area contributed by atoms with E-state index in [1.54, 1.807) is 23.2 Å². The van der Waals surface area contributed by atoms with Crippen LogP contribution in [-0.2, 0) is 17.8 Å². The number of unbranched alkanes of at least 4 members (excludes halogenated alkanes) is 1. The Labute approximate surface area is 176 Å². The van der Waals surface area contributed by atoms with Crippen LogP contribution in [-0.4, -0.2) is 22.3 Å². The van der Waals surface area contributed by atoms with Crippen LogP contribution in [0.5, 0.6) is 0 Å². The normalized spacial score (nSPS) is 10.9. The van der Waals surface area contributed by atoms with Crippen LogP contribution in [0.4, 0.5) is 14.9 Å². The van der Waals surface area contributed by atoms with Gasteiger partial charge in [-0.05, 0) is 49.6 Å². The second kappa shape index (κ2) is 9.57. The highest BCUT2D eigenvalue weighted by atomic mass is 19.1. The Bertz CT molecular complexity index is 1040. The predicted molar refractivity (Wildman–Crippen MR) is 118 cm³/mol. The lowest BCUT2D eigenvalue weighted by Crippen LogP contribution is -2.32. The molecule has 0 aliphatic carbocycles. The SMILES string of the molecule is C=CCn1c(C)c(C)c2nccc(N(Cc3ccc(F)cc3)C(=O)OCCCC)c21. The van der Waals surface area contributed by atoms with Gasteiger partial charge >= 0.3 is 6.09 Å². The zero-order valence-corrected chi connectivity index (χ0v) is 17.8. The van der Waals surface area contributed by atoms with Crippen molar-refractivity contribution in [1.82, 2.24) is 9.55 Å². The summed E-state index contributed by atoms with van der Waals surface area (Å²) in [5.74, 6) is -0.312. The lowest BCUT2D eigenvalue weighted by molar-refractivity contribution is 0.151. The number of fused-ring (bicyclic) bond motifs is 1. The molecule has 3 rings (SSSR count). The van der Waals surface area contributed by atoms with Gasteiger partial charge in [0.1, 0.15) is 5.82 Å². The summed E-state index contributed by atoms with van der Waals surface area (Å²) in [5, 5.41) is 0. The fraction of sp³-hybridized carbons (Fsp3) is 0.333. The van der Waals surface area contributed by atoms with Crippen molar-refractivity contribution in [2.24, 2.45) is 0 Å². The molecular weight excluding hydrogens is 381 g/mol. The van der Waals surface area contributed by atoms with E-state index in [0.29, 0.717) is 18.8 Å². The summed E-state index contributed by atoms with van der Waals surface area (Å²) in [7, 11) is 0. The molecule has 5 nitrogen and oxygen atoms in total. The van der Waals surface area contributed by atoms with Gasteiger partial charge in [0.05, 0.1) is 29.9 Å². The van der Waals surface area contributed by atoms with Crippen molar-refractivity contribution in [3.8, 4) is 0 Å². The summed E-state index contributed by atoms with van der Waals surface area (Å²) < 4.78 is 21.0. The van der Waals surface area contributed by atoms with Crippen molar-refractivity contribution in [2.75, 3.05) is 11.5 Å². The molecule has 1 aromatic carbocycles. The first-order valence-corrected chi connectivity index (χ1v) is 10.2. The molecule has 0 N–H and O–H groups in total. The van der Waals surface area contributed by atoms with Gasteiger partial charge in [0.2, 0.25) is 0 Å². The average Bonchev–Trinajstić information content (AvgIpc) is 2.99. The number of benzene rings is 1. The van der Waals surface area contributed by atoms with Crippen LogP contribution >= 0.6 is 0 Å². The summed E-state index contributed by atoms with van der Waals surface area (Å²) in [6.07, 6.45) is 4.84. The monoisotopic (exact) mass is 409 g/mol. The van der Waals surface area contributed by atoms with Gasteiger partial charge in [-0.2, -0.15) is 0 Å². The van der Waals surface area contributed by atoms with Gasteiger partial charge in [0, 0.05) is 18.4 Å². The van der Waals surface area contributed by atoms with Gasteiger partial charge in [0.25, 0.3) is 0 Å². The van der Waals surface area contributed by atoms with E-state index in [4.69, 9.17) is 4.74 Å². The van der Waals surface area contributed by atoms with E-state index in [-0.39, 0.29) is 12.4 Å². The molecule has 0 radical (unpaired) electrons. The lowest BCUT2D eigenvalue weighted by Gasteiger charge is -2.24. The van der Waals surface area contributed by atoms with Crippen molar-refractivity contribution in [3.63, 3.8) is 0 Å². The number of aromatic nitrogens is 2. The van der Waals surface area contributed by atoms with Crippen LogP contribution in [0, 0.1) is 19.7 Å². The molecule has 30 heavy (non-hydrogen) atoms. The number of ether oxygens (including phenoxy) is 1. The molecule has 0 atom stereocenters. The highest BCUT2D eigenvalue weighted by molar-refractivity contribution is 6.00. The number of aryl methyl sites for hydroxylation is 1. The minimum absolute atomic E-state index is 0.266. The summed E-state index contributed by atoms with van der Waals surface area (Å²) in [6.45, 7) is 11.2. The maximum absolute atomic E-state index is 13.4. The molecule has 0 bridgehead atoms. The second-order valence-electron chi connectivity index (χ2n) is 7.32. The molecule has 0 spiro atoms. The van der Waals surface area contributed by atoms with Crippen LogP contribution in [0.3, 0.4) is 0 Å². The molecule has 158 valence electrons. The van der Waals surface area contributed by atoms with E-state index in [2.05, 4.69) is 16.1 Å². The third-order valence-corrected chi connectivity index (χ3v) is 5.28. The second-order valence-corrected chi connectivity index (χ2v) is 7.32. The Morgan fingerprint density at radius 2 is 2.00 bits per heavy atom. The third-order valence-electron chi connectivity index (χ3n) is 5.28. The summed E-state index contributed by atoms with van der Waals surface area (Å²) in [4.78, 5) is 19.2. The minimum atomic E-state index is -0.429. The van der Waals surface area contributed by atoms with Gasteiger partial charge in [-0.25, -0.2) is 9.18 Å². The van der Waals surface area contributed by atoms with E-state index in [1.165, 1.54) is 12.1 Å². The van der Waals surface area contributed by atoms with Gasteiger partial charge in [-0.3, -0.25) is 9.88 Å². The number of amides is 1. The molecular formula is C24H28FN3O2. The smallest absolute Gasteiger partial charge is 0.414 e. The van der Waals surface area contributed by atoms with Crippen LogP contribution in [0.1, 0.15) is 36.6 Å². The predicted octanol–water partition coefficient (Wildman–Crippen LogP) is 5.92. The standard InChI is InChI=1S/C24H28FN3O2/c1-5-7-15-30-24(29)28(16-19-8-10-20(25)11-9-19)21-12-13-26-22-17(3)18(4)27(14-6-2)23(21)22/h6,8-13H,2,5,7,14-16H2,1,3-4H3. The molecule has 0 aliphatic rings. The Kier molecular flexibility index (Phi) is 6.87. The average molecular weight is 410 g/mol. The van der Waals surface area contributed by atoms with Crippen LogP contribution < -0.4 is 4.90 Å². The zero-order valence-electron chi connectivity index (χ0n) is 17.8.